The molecule has 2 heterocycles. The normalized spacial score (nSPS) is 14.6. The lowest BCUT2D eigenvalue weighted by molar-refractivity contribution is 0.918. The van der Waals surface area contributed by atoms with Gasteiger partial charge in [0.15, 0.2) is 0 Å². The lowest BCUT2D eigenvalue weighted by Gasteiger charge is -2.11. The largest absolute Gasteiger partial charge is 0.383 e. The maximum Gasteiger partial charge on any atom is 0.136 e. The standard InChI is InChI=1S/C13H17N5S/c1-7-11(14)17-13(9-3-4-9)18-12(7)16-6-10-5-15-8(2)19-10/h5,9H,3-4,6H2,1-2H3,(H3,14,16,17,18). The van der Waals surface area contributed by atoms with E-state index in [2.05, 4.69) is 20.3 Å². The minimum atomic E-state index is 0.508. The second-order valence-electron chi connectivity index (χ2n) is 4.91. The molecule has 1 fully saturated rings. The quantitative estimate of drug-likeness (QED) is 0.897. The molecule has 0 unspecified atom stereocenters. The van der Waals surface area contributed by atoms with E-state index in [9.17, 15) is 0 Å². The van der Waals surface area contributed by atoms with E-state index < -0.39 is 0 Å². The van der Waals surface area contributed by atoms with Crippen LogP contribution in [-0.2, 0) is 6.54 Å². The Kier molecular flexibility index (Phi) is 3.10. The monoisotopic (exact) mass is 275 g/mol. The van der Waals surface area contributed by atoms with Gasteiger partial charge in [-0.05, 0) is 26.7 Å². The Bertz CT molecular complexity index is 603. The zero-order valence-corrected chi connectivity index (χ0v) is 11.9. The van der Waals surface area contributed by atoms with E-state index >= 15 is 0 Å². The van der Waals surface area contributed by atoms with Crippen LogP contribution < -0.4 is 11.1 Å². The highest BCUT2D eigenvalue weighted by molar-refractivity contribution is 7.11. The van der Waals surface area contributed by atoms with Crippen LogP contribution in [0.4, 0.5) is 11.6 Å². The summed E-state index contributed by atoms with van der Waals surface area (Å²) >= 11 is 1.69. The number of nitrogen functional groups attached to an aromatic ring is 1. The Morgan fingerprint density at radius 3 is 2.79 bits per heavy atom. The number of nitrogens with one attached hydrogen (secondary N) is 1. The van der Waals surface area contributed by atoms with Crippen LogP contribution in [0.1, 0.15) is 40.0 Å². The summed E-state index contributed by atoms with van der Waals surface area (Å²) in [5.41, 5.74) is 6.88. The molecule has 1 saturated carbocycles. The summed E-state index contributed by atoms with van der Waals surface area (Å²) in [5.74, 6) is 2.82. The minimum Gasteiger partial charge on any atom is -0.383 e. The van der Waals surface area contributed by atoms with Gasteiger partial charge in [0.25, 0.3) is 0 Å². The summed E-state index contributed by atoms with van der Waals surface area (Å²) in [6, 6.07) is 0. The molecule has 0 bridgehead atoms. The van der Waals surface area contributed by atoms with Gasteiger partial charge in [0.1, 0.15) is 17.5 Å². The van der Waals surface area contributed by atoms with Gasteiger partial charge in [0, 0.05) is 22.6 Å². The first-order valence-electron chi connectivity index (χ1n) is 6.42. The smallest absolute Gasteiger partial charge is 0.136 e. The van der Waals surface area contributed by atoms with Gasteiger partial charge >= 0.3 is 0 Å². The lowest BCUT2D eigenvalue weighted by Crippen LogP contribution is -2.08. The Balaban J connectivity index is 1.79. The summed E-state index contributed by atoms with van der Waals surface area (Å²) in [4.78, 5) is 14.4. The van der Waals surface area contributed by atoms with Gasteiger partial charge in [-0.1, -0.05) is 0 Å². The molecule has 0 aliphatic heterocycles. The number of hydrogen-bond donors (Lipinski definition) is 2. The van der Waals surface area contributed by atoms with Crippen molar-refractivity contribution in [2.45, 2.75) is 39.2 Å². The van der Waals surface area contributed by atoms with Crippen molar-refractivity contribution in [1.29, 1.82) is 0 Å². The van der Waals surface area contributed by atoms with Crippen LogP contribution in [-0.4, -0.2) is 15.0 Å². The molecule has 2 aromatic heterocycles. The summed E-state index contributed by atoms with van der Waals surface area (Å²) in [7, 11) is 0. The molecule has 2 aromatic rings. The second kappa shape index (κ2) is 4.77. The molecule has 0 atom stereocenters. The van der Waals surface area contributed by atoms with Crippen LogP contribution in [0.15, 0.2) is 6.20 Å². The lowest BCUT2D eigenvalue weighted by atomic mass is 10.3. The number of nitrogens with zero attached hydrogens (tertiary/aromatic N) is 3. The van der Waals surface area contributed by atoms with Crippen molar-refractivity contribution in [3.63, 3.8) is 0 Å². The molecule has 1 aliphatic carbocycles. The molecule has 19 heavy (non-hydrogen) atoms. The number of anilines is 2. The molecular weight excluding hydrogens is 258 g/mol. The van der Waals surface area contributed by atoms with Crippen molar-refractivity contribution in [2.24, 2.45) is 0 Å². The van der Waals surface area contributed by atoms with Gasteiger partial charge < -0.3 is 11.1 Å². The Hall–Kier alpha value is -1.69. The van der Waals surface area contributed by atoms with Crippen LogP contribution in [0.25, 0.3) is 0 Å². The molecule has 100 valence electrons. The van der Waals surface area contributed by atoms with Gasteiger partial charge in [-0.2, -0.15) is 0 Å². The van der Waals surface area contributed by atoms with Gasteiger partial charge in [0.05, 0.1) is 11.6 Å². The minimum absolute atomic E-state index is 0.508. The van der Waals surface area contributed by atoms with Crippen molar-refractivity contribution in [3.05, 3.63) is 27.5 Å². The van der Waals surface area contributed by atoms with Crippen LogP contribution in [0, 0.1) is 13.8 Å². The van der Waals surface area contributed by atoms with Gasteiger partial charge in [0.2, 0.25) is 0 Å². The SMILES string of the molecule is Cc1ncc(CNc2nc(C3CC3)nc(N)c2C)s1. The first-order chi connectivity index (χ1) is 9.13. The average molecular weight is 275 g/mol. The fraction of sp³-hybridized carbons (Fsp3) is 0.462. The number of aromatic nitrogens is 3. The van der Waals surface area contributed by atoms with Crippen molar-refractivity contribution < 1.29 is 0 Å². The molecule has 1 aliphatic rings. The highest BCUT2D eigenvalue weighted by Gasteiger charge is 2.27. The van der Waals surface area contributed by atoms with E-state index in [1.807, 2.05) is 20.0 Å². The number of hydrogen-bond acceptors (Lipinski definition) is 6. The molecule has 0 radical (unpaired) electrons. The van der Waals surface area contributed by atoms with Crippen LogP contribution in [0.3, 0.4) is 0 Å². The third kappa shape index (κ3) is 2.68. The predicted molar refractivity (Wildman–Crippen MR) is 77.3 cm³/mol. The number of nitrogens with two attached hydrogens (primary N) is 1. The van der Waals surface area contributed by atoms with E-state index in [1.165, 1.54) is 17.7 Å². The second-order valence-corrected chi connectivity index (χ2v) is 6.23. The molecular formula is C13H17N5S. The number of rotatable bonds is 4. The molecule has 0 amide bonds. The summed E-state index contributed by atoms with van der Waals surface area (Å²) in [6.45, 7) is 4.69. The number of aryl methyl sites for hydroxylation is 1. The summed E-state index contributed by atoms with van der Waals surface area (Å²) < 4.78 is 0. The van der Waals surface area contributed by atoms with Gasteiger partial charge in [-0.15, -0.1) is 11.3 Å². The van der Waals surface area contributed by atoms with E-state index in [4.69, 9.17) is 5.73 Å². The van der Waals surface area contributed by atoms with Crippen LogP contribution in [0.5, 0.6) is 0 Å². The fourth-order valence-electron chi connectivity index (χ4n) is 1.91. The summed E-state index contributed by atoms with van der Waals surface area (Å²) in [6.07, 6.45) is 4.25. The average Bonchev–Trinajstić information content (AvgIpc) is 3.15. The van der Waals surface area contributed by atoms with E-state index in [1.54, 1.807) is 11.3 Å². The number of thiazole rings is 1. The Morgan fingerprint density at radius 2 is 2.16 bits per heavy atom. The predicted octanol–water partition coefficient (Wildman–Crippen LogP) is 2.62. The zero-order valence-electron chi connectivity index (χ0n) is 11.1. The topological polar surface area (TPSA) is 76.7 Å². The van der Waals surface area contributed by atoms with Crippen molar-refractivity contribution in [2.75, 3.05) is 11.1 Å². The van der Waals surface area contributed by atoms with Crippen LogP contribution in [0.2, 0.25) is 0 Å². The maximum absolute atomic E-state index is 5.96. The highest BCUT2D eigenvalue weighted by Crippen LogP contribution is 2.39. The molecule has 5 nitrogen and oxygen atoms in total. The highest BCUT2D eigenvalue weighted by atomic mass is 32.1. The third-order valence-electron chi connectivity index (χ3n) is 3.24. The fourth-order valence-corrected chi connectivity index (χ4v) is 2.64. The molecule has 0 saturated heterocycles. The first-order valence-corrected chi connectivity index (χ1v) is 7.24. The van der Waals surface area contributed by atoms with E-state index in [0.29, 0.717) is 11.7 Å². The zero-order chi connectivity index (χ0) is 13.4. The molecule has 0 aromatic carbocycles. The first kappa shape index (κ1) is 12.3. The van der Waals surface area contributed by atoms with E-state index in [-0.39, 0.29) is 0 Å². The Morgan fingerprint density at radius 1 is 1.37 bits per heavy atom. The van der Waals surface area contributed by atoms with Crippen molar-refractivity contribution in [1.82, 2.24) is 15.0 Å². The molecule has 6 heteroatoms. The van der Waals surface area contributed by atoms with Crippen LogP contribution >= 0.6 is 11.3 Å². The summed E-state index contributed by atoms with van der Waals surface area (Å²) in [5, 5.41) is 4.42. The Labute approximate surface area is 116 Å². The van der Waals surface area contributed by atoms with Crippen molar-refractivity contribution >= 4 is 23.0 Å². The third-order valence-corrected chi connectivity index (χ3v) is 4.16. The molecule has 3 rings (SSSR count). The maximum atomic E-state index is 5.96. The van der Waals surface area contributed by atoms with Crippen molar-refractivity contribution in [3.8, 4) is 0 Å². The van der Waals surface area contributed by atoms with Gasteiger partial charge in [-0.3, -0.25) is 0 Å². The van der Waals surface area contributed by atoms with E-state index in [0.717, 1.165) is 28.8 Å². The molecule has 3 N–H and O–H groups in total. The van der Waals surface area contributed by atoms with Gasteiger partial charge in [-0.25, -0.2) is 15.0 Å². The molecule has 0 spiro atoms.